The van der Waals surface area contributed by atoms with Gasteiger partial charge in [-0.3, -0.25) is 0 Å². The summed E-state index contributed by atoms with van der Waals surface area (Å²) in [6, 6.07) is 8.53. The Morgan fingerprint density at radius 1 is 1.19 bits per heavy atom. The molecule has 88 valence electrons. The van der Waals surface area contributed by atoms with Gasteiger partial charge in [-0.2, -0.15) is 0 Å². The van der Waals surface area contributed by atoms with E-state index < -0.39 is 17.9 Å². The van der Waals surface area contributed by atoms with Gasteiger partial charge in [-0.1, -0.05) is 0 Å². The summed E-state index contributed by atoms with van der Waals surface area (Å²) in [4.78, 5) is 0. The van der Waals surface area contributed by atoms with Crippen LogP contribution in [0, 0.1) is 5.41 Å². The van der Waals surface area contributed by atoms with E-state index in [4.69, 9.17) is 3.50 Å². The Hall–Kier alpha value is -0.422. The monoisotopic (exact) mass is 387 g/mol. The standard InChI is InChI=1S/C9H11N.C5H10.W/c1-7(2)8-5-3-4-6-9(8)10;1-5(2,3)4;/h3-7H,1-2H3;1H,2-4H3;. The quantitative estimate of drug-likeness (QED) is 0.706. The normalized spacial score (nSPS) is 11.4. The van der Waals surface area contributed by atoms with Crippen LogP contribution in [0.25, 0.3) is 0 Å². The van der Waals surface area contributed by atoms with Gasteiger partial charge in [0.25, 0.3) is 0 Å². The van der Waals surface area contributed by atoms with E-state index in [0.29, 0.717) is 11.3 Å². The zero-order valence-corrected chi connectivity index (χ0v) is 13.8. The Labute approximate surface area is 107 Å². The third-order valence-electron chi connectivity index (χ3n) is 2.12. The van der Waals surface area contributed by atoms with Gasteiger partial charge in [-0.25, -0.2) is 0 Å². The molecule has 0 amide bonds. The summed E-state index contributed by atoms with van der Waals surface area (Å²) >= 11 is -0.693. The van der Waals surface area contributed by atoms with Crippen molar-refractivity contribution in [2.75, 3.05) is 0 Å². The Morgan fingerprint density at radius 3 is 2.38 bits per heavy atom. The molecule has 16 heavy (non-hydrogen) atoms. The SMILES string of the molecule is CC(C)c1ccccc1[N]=[W]=[CH]C(C)(C)C. The Kier molecular flexibility index (Phi) is 4.92. The minimum absolute atomic E-state index is 0.320. The topological polar surface area (TPSA) is 12.4 Å². The van der Waals surface area contributed by atoms with Gasteiger partial charge in [-0.15, -0.1) is 0 Å². The first-order chi connectivity index (χ1) is 7.40. The van der Waals surface area contributed by atoms with E-state index in [1.807, 2.05) is 0 Å². The molecule has 0 radical (unpaired) electrons. The molecule has 0 heterocycles. The van der Waals surface area contributed by atoms with Gasteiger partial charge >= 0.3 is 107 Å². The van der Waals surface area contributed by atoms with Crippen LogP contribution in [-0.2, 0) is 17.9 Å². The number of hydrogen-bond donors (Lipinski definition) is 0. The summed E-state index contributed by atoms with van der Waals surface area (Å²) in [5.74, 6) is 0.563. The van der Waals surface area contributed by atoms with Crippen LogP contribution in [0.15, 0.2) is 27.8 Å². The predicted molar refractivity (Wildman–Crippen MR) is 68.1 cm³/mol. The van der Waals surface area contributed by atoms with Crippen molar-refractivity contribution in [2.24, 2.45) is 8.91 Å². The summed E-state index contributed by atoms with van der Waals surface area (Å²) in [6.07, 6.45) is 0. The summed E-state index contributed by atoms with van der Waals surface area (Å²) < 4.78 is 7.24. The van der Waals surface area contributed by atoms with Gasteiger partial charge in [0.1, 0.15) is 0 Å². The molecular weight excluding hydrogens is 366 g/mol. The zero-order valence-electron chi connectivity index (χ0n) is 10.8. The molecule has 0 aliphatic heterocycles. The molecular formula is C14H21NW. The van der Waals surface area contributed by atoms with E-state index in [0.717, 1.165) is 0 Å². The first kappa shape index (κ1) is 13.6. The van der Waals surface area contributed by atoms with Crippen molar-refractivity contribution in [1.82, 2.24) is 0 Å². The molecule has 1 aromatic carbocycles. The molecule has 0 aliphatic carbocycles. The molecule has 0 saturated carbocycles. The van der Waals surface area contributed by atoms with Crippen LogP contribution in [-0.4, -0.2) is 4.40 Å². The van der Waals surface area contributed by atoms with Crippen molar-refractivity contribution in [1.29, 1.82) is 0 Å². The van der Waals surface area contributed by atoms with E-state index in [1.54, 1.807) is 0 Å². The second-order valence-electron chi connectivity index (χ2n) is 5.39. The summed E-state index contributed by atoms with van der Waals surface area (Å²) in [6.45, 7) is 11.2. The molecule has 0 fully saturated rings. The number of hydrogen-bond acceptors (Lipinski definition) is 1. The van der Waals surface area contributed by atoms with Gasteiger partial charge in [0, 0.05) is 0 Å². The summed E-state index contributed by atoms with van der Waals surface area (Å²) in [5.41, 5.74) is 2.91. The average molecular weight is 387 g/mol. The maximum atomic E-state index is 4.82. The molecule has 1 rings (SSSR count). The van der Waals surface area contributed by atoms with Crippen LogP contribution in [0.2, 0.25) is 0 Å². The van der Waals surface area contributed by atoms with Crippen molar-refractivity contribution in [2.45, 2.75) is 40.5 Å². The Balaban J connectivity index is 3.02. The van der Waals surface area contributed by atoms with Gasteiger partial charge in [0.2, 0.25) is 0 Å². The maximum absolute atomic E-state index is 4.82. The van der Waals surface area contributed by atoms with E-state index in [2.05, 4.69) is 63.3 Å². The number of rotatable bonds is 2. The summed E-state index contributed by atoms with van der Waals surface area (Å²) in [7, 11) is 0. The van der Waals surface area contributed by atoms with E-state index in [9.17, 15) is 0 Å². The van der Waals surface area contributed by atoms with Gasteiger partial charge in [0.15, 0.2) is 0 Å². The van der Waals surface area contributed by atoms with Gasteiger partial charge < -0.3 is 0 Å². The Bertz CT molecular complexity index is 407. The molecule has 1 nitrogen and oxygen atoms in total. The Morgan fingerprint density at radius 2 is 1.81 bits per heavy atom. The molecule has 1 aromatic rings. The third kappa shape index (κ3) is 4.61. The molecule has 2 heteroatoms. The second-order valence-corrected chi connectivity index (χ2v) is 7.65. The van der Waals surface area contributed by atoms with Crippen molar-refractivity contribution < 1.29 is 17.9 Å². The van der Waals surface area contributed by atoms with Crippen LogP contribution in [0.3, 0.4) is 0 Å². The molecule has 0 N–H and O–H groups in total. The molecule has 0 saturated heterocycles. The molecule has 0 aromatic heterocycles. The third-order valence-corrected chi connectivity index (χ3v) is 6.12. The molecule has 0 atom stereocenters. The van der Waals surface area contributed by atoms with E-state index >= 15 is 0 Å². The number of nitrogens with zero attached hydrogens (tertiary/aromatic N) is 1. The van der Waals surface area contributed by atoms with E-state index in [1.165, 1.54) is 11.3 Å². The zero-order chi connectivity index (χ0) is 12.2. The fraction of sp³-hybridized carbons (Fsp3) is 0.500. The minimum atomic E-state index is -0.693. The van der Waals surface area contributed by atoms with Crippen molar-refractivity contribution in [3.05, 3.63) is 29.8 Å². The van der Waals surface area contributed by atoms with Crippen LogP contribution in [0.1, 0.15) is 46.1 Å². The molecule has 0 unspecified atom stereocenters. The second kappa shape index (κ2) is 5.77. The molecule has 0 bridgehead atoms. The van der Waals surface area contributed by atoms with Crippen LogP contribution in [0.4, 0.5) is 5.69 Å². The van der Waals surface area contributed by atoms with Crippen LogP contribution >= 0.6 is 0 Å². The summed E-state index contributed by atoms with van der Waals surface area (Å²) in [5, 5.41) is 0. The van der Waals surface area contributed by atoms with Crippen molar-refractivity contribution >= 4 is 10.1 Å². The fourth-order valence-corrected chi connectivity index (χ4v) is 3.63. The van der Waals surface area contributed by atoms with E-state index in [-0.39, 0.29) is 0 Å². The number of benzene rings is 1. The van der Waals surface area contributed by atoms with Crippen molar-refractivity contribution in [3.8, 4) is 0 Å². The first-order valence-corrected chi connectivity index (χ1v) is 8.71. The van der Waals surface area contributed by atoms with Crippen LogP contribution < -0.4 is 0 Å². The van der Waals surface area contributed by atoms with Crippen LogP contribution in [0.5, 0.6) is 0 Å². The van der Waals surface area contributed by atoms with Gasteiger partial charge in [0.05, 0.1) is 0 Å². The van der Waals surface area contributed by atoms with Gasteiger partial charge in [-0.05, 0) is 0 Å². The molecule has 0 spiro atoms. The average Bonchev–Trinajstić information content (AvgIpc) is 2.16. The molecule has 0 aliphatic rings. The fourth-order valence-electron chi connectivity index (χ4n) is 1.30. The first-order valence-electron chi connectivity index (χ1n) is 5.70. The van der Waals surface area contributed by atoms with Crippen molar-refractivity contribution in [3.63, 3.8) is 0 Å². The predicted octanol–water partition coefficient (Wildman–Crippen LogP) is 4.56.